The van der Waals surface area contributed by atoms with Crippen molar-refractivity contribution in [3.05, 3.63) is 131 Å². The molecule has 5 aromatic rings. The lowest BCUT2D eigenvalue weighted by Gasteiger charge is -2.35. The van der Waals surface area contributed by atoms with Crippen LogP contribution in [0, 0.1) is 11.3 Å². The van der Waals surface area contributed by atoms with Gasteiger partial charge in [0.15, 0.2) is 5.11 Å². The lowest BCUT2D eigenvalue weighted by Crippen LogP contribution is -2.53. The van der Waals surface area contributed by atoms with Gasteiger partial charge in [-0.05, 0) is 78.3 Å². The van der Waals surface area contributed by atoms with Crippen LogP contribution in [0.1, 0.15) is 41.8 Å². The van der Waals surface area contributed by atoms with Crippen LogP contribution in [-0.4, -0.2) is 37.6 Å². The largest absolute Gasteiger partial charge is 0.416 e. The van der Waals surface area contributed by atoms with Gasteiger partial charge in [-0.15, -0.1) is 0 Å². The lowest BCUT2D eigenvalue weighted by molar-refractivity contribution is -0.138. The first-order valence-corrected chi connectivity index (χ1v) is 15.3. The van der Waals surface area contributed by atoms with Crippen molar-refractivity contribution < 1.29 is 18.0 Å². The Morgan fingerprint density at radius 3 is 2.40 bits per heavy atom. The van der Waals surface area contributed by atoms with Crippen LogP contribution < -0.4 is 10.6 Å². The summed E-state index contributed by atoms with van der Waals surface area (Å²) in [7, 11) is 0. The number of anilines is 1. The van der Waals surface area contributed by atoms with Gasteiger partial charge in [0.2, 0.25) is 5.91 Å². The summed E-state index contributed by atoms with van der Waals surface area (Å²) < 4.78 is 43.7. The predicted molar refractivity (Wildman–Crippen MR) is 180 cm³/mol. The van der Waals surface area contributed by atoms with Crippen LogP contribution in [0.3, 0.4) is 0 Å². The minimum atomic E-state index is -4.54. The molecule has 0 saturated carbocycles. The second-order valence-corrected chi connectivity index (χ2v) is 12.3. The Morgan fingerprint density at radius 1 is 0.979 bits per heavy atom. The Hall–Kier alpha value is -5.21. The molecule has 0 spiro atoms. The minimum Gasteiger partial charge on any atom is -0.349 e. The van der Waals surface area contributed by atoms with Crippen molar-refractivity contribution in [1.29, 1.82) is 5.26 Å². The van der Waals surface area contributed by atoms with E-state index < -0.39 is 17.3 Å². The van der Waals surface area contributed by atoms with E-state index in [1.165, 1.54) is 12.1 Å². The maximum atomic E-state index is 13.9. The highest BCUT2D eigenvalue weighted by Gasteiger charge is 2.34. The molecule has 0 atom stereocenters. The van der Waals surface area contributed by atoms with E-state index in [1.807, 2.05) is 59.2 Å². The van der Waals surface area contributed by atoms with Gasteiger partial charge in [-0.3, -0.25) is 4.79 Å². The summed E-state index contributed by atoms with van der Waals surface area (Å²) in [6, 6.07) is 28.3. The number of carbonyl (C=O) groups is 1. The molecule has 0 bridgehead atoms. The van der Waals surface area contributed by atoms with Crippen molar-refractivity contribution in [1.82, 2.24) is 19.8 Å². The number of carbonyl (C=O) groups excluding carboxylic acids is 1. The lowest BCUT2D eigenvalue weighted by atomic mass is 10.0. The Bertz CT molecular complexity index is 1930. The summed E-state index contributed by atoms with van der Waals surface area (Å²) in [6.07, 6.45) is -1.24. The number of nitrogens with one attached hydrogen (secondary N) is 2. The number of amides is 1. The number of halogens is 3. The van der Waals surface area contributed by atoms with Crippen LogP contribution in [0.25, 0.3) is 10.8 Å². The summed E-state index contributed by atoms with van der Waals surface area (Å²) in [5, 5.41) is 17.5. The quantitative estimate of drug-likeness (QED) is 0.154. The highest BCUT2D eigenvalue weighted by molar-refractivity contribution is 7.80. The first-order valence-electron chi connectivity index (χ1n) is 14.9. The normalized spacial score (nSPS) is 11.6. The van der Waals surface area contributed by atoms with Crippen LogP contribution in [0.15, 0.2) is 104 Å². The van der Waals surface area contributed by atoms with Crippen LogP contribution in [0.2, 0.25) is 0 Å². The predicted octanol–water partition coefficient (Wildman–Crippen LogP) is 7.31. The van der Waals surface area contributed by atoms with Gasteiger partial charge in [0, 0.05) is 37.2 Å². The van der Waals surface area contributed by atoms with Crippen molar-refractivity contribution in [2.45, 2.75) is 45.1 Å². The summed E-state index contributed by atoms with van der Waals surface area (Å²) in [5.74, 6) is -0.277. The molecule has 0 saturated heterocycles. The first kappa shape index (κ1) is 33.2. The summed E-state index contributed by atoms with van der Waals surface area (Å²) in [5.41, 5.74) is 1.33. The van der Waals surface area contributed by atoms with Gasteiger partial charge < -0.3 is 20.1 Å². The fourth-order valence-electron chi connectivity index (χ4n) is 5.43. The molecule has 240 valence electrons. The zero-order chi connectivity index (χ0) is 33.6. The average molecular weight is 655 g/mol. The van der Waals surface area contributed by atoms with E-state index in [0.29, 0.717) is 23.5 Å². The smallest absolute Gasteiger partial charge is 0.349 e. The number of benzene rings is 4. The molecule has 7 nitrogen and oxygen atoms in total. The molecule has 5 rings (SSSR count). The fraction of sp³-hybridized carbons (Fsp3) is 0.222. The number of rotatable bonds is 10. The van der Waals surface area contributed by atoms with Crippen molar-refractivity contribution in [2.24, 2.45) is 0 Å². The second kappa shape index (κ2) is 14.1. The molecule has 11 heteroatoms. The van der Waals surface area contributed by atoms with Gasteiger partial charge in [-0.2, -0.15) is 18.4 Å². The molecule has 0 aliphatic carbocycles. The van der Waals surface area contributed by atoms with E-state index in [1.54, 1.807) is 49.5 Å². The average Bonchev–Trinajstić information content (AvgIpc) is 3.46. The highest BCUT2D eigenvalue weighted by atomic mass is 32.1. The molecular weight excluding hydrogens is 621 g/mol. The van der Waals surface area contributed by atoms with Crippen LogP contribution in [-0.2, 0) is 30.5 Å². The molecule has 47 heavy (non-hydrogen) atoms. The number of aromatic nitrogens is 2. The molecule has 1 amide bonds. The SMILES string of the molecule is CC(C)(CN(Cc1ccccc1C(F)(F)F)C(=S)Nc1ccc2ccccc2c1)NC(=O)Cc1cncn1Cc1ccc(C#N)cc1. The molecule has 4 aromatic carbocycles. The van der Waals surface area contributed by atoms with E-state index in [0.717, 1.165) is 22.4 Å². The zero-order valence-corrected chi connectivity index (χ0v) is 26.7. The number of fused-ring (bicyclic) bond motifs is 1. The minimum absolute atomic E-state index is 0.0381. The molecule has 0 aliphatic rings. The number of hydrogen-bond donors (Lipinski definition) is 2. The topological polar surface area (TPSA) is 86.0 Å². The molecule has 0 unspecified atom stereocenters. The maximum Gasteiger partial charge on any atom is 0.416 e. The third-order valence-corrected chi connectivity index (χ3v) is 7.97. The van der Waals surface area contributed by atoms with Crippen LogP contribution in [0.5, 0.6) is 0 Å². The Balaban J connectivity index is 1.32. The van der Waals surface area contributed by atoms with E-state index in [2.05, 4.69) is 21.7 Å². The highest BCUT2D eigenvalue weighted by Crippen LogP contribution is 2.33. The van der Waals surface area contributed by atoms with Crippen LogP contribution >= 0.6 is 12.2 Å². The fourth-order valence-corrected chi connectivity index (χ4v) is 5.68. The summed E-state index contributed by atoms with van der Waals surface area (Å²) in [4.78, 5) is 19.2. The van der Waals surface area contributed by atoms with Crippen molar-refractivity contribution in [2.75, 3.05) is 11.9 Å². The van der Waals surface area contributed by atoms with E-state index in [4.69, 9.17) is 17.5 Å². The third kappa shape index (κ3) is 8.74. The number of nitriles is 1. The molecule has 0 aliphatic heterocycles. The molecule has 0 radical (unpaired) electrons. The number of imidazole rings is 1. The molecule has 1 heterocycles. The molecule has 0 fully saturated rings. The third-order valence-electron chi connectivity index (χ3n) is 7.61. The van der Waals surface area contributed by atoms with E-state index in [-0.39, 0.29) is 36.1 Å². The van der Waals surface area contributed by atoms with Gasteiger partial charge in [-0.1, -0.05) is 60.7 Å². The molecule has 1 aromatic heterocycles. The second-order valence-electron chi connectivity index (χ2n) is 11.9. The molecule has 2 N–H and O–H groups in total. The Morgan fingerprint density at radius 2 is 1.68 bits per heavy atom. The number of alkyl halides is 3. The van der Waals surface area contributed by atoms with Gasteiger partial charge in [0.1, 0.15) is 0 Å². The van der Waals surface area contributed by atoms with E-state index in [9.17, 15) is 18.0 Å². The van der Waals surface area contributed by atoms with Gasteiger partial charge in [0.05, 0.1) is 35.5 Å². The van der Waals surface area contributed by atoms with Gasteiger partial charge >= 0.3 is 6.18 Å². The monoisotopic (exact) mass is 654 g/mol. The molecular formula is C36H33F3N6OS. The number of thiocarbonyl (C=S) groups is 1. The summed E-state index contributed by atoms with van der Waals surface area (Å²) in [6.45, 7) is 4.07. The zero-order valence-electron chi connectivity index (χ0n) is 25.9. The Labute approximate surface area is 276 Å². The van der Waals surface area contributed by atoms with Crippen molar-refractivity contribution in [3.8, 4) is 6.07 Å². The van der Waals surface area contributed by atoms with E-state index >= 15 is 0 Å². The standard InChI is InChI=1S/C36H33F3N6OS/c1-35(2,43-33(46)18-31-20-41-24-45(31)21-26-13-11-25(19-40)12-14-26)23-44(22-29-9-5-6-10-32(29)36(37,38)39)34(47)42-30-16-15-27-7-3-4-8-28(27)17-30/h3-17,20,24H,18,21-23H2,1-2H3,(H,42,47)(H,43,46). The number of nitrogens with zero attached hydrogens (tertiary/aromatic N) is 4. The van der Waals surface area contributed by atoms with Gasteiger partial charge in [-0.25, -0.2) is 4.98 Å². The summed E-state index contributed by atoms with van der Waals surface area (Å²) >= 11 is 5.78. The Kier molecular flexibility index (Phi) is 9.92. The van der Waals surface area contributed by atoms with Crippen molar-refractivity contribution in [3.63, 3.8) is 0 Å². The first-order chi connectivity index (χ1) is 22.4. The number of hydrogen-bond acceptors (Lipinski definition) is 4. The van der Waals surface area contributed by atoms with Crippen LogP contribution in [0.4, 0.5) is 18.9 Å². The van der Waals surface area contributed by atoms with Gasteiger partial charge in [0.25, 0.3) is 0 Å². The van der Waals surface area contributed by atoms with Crippen molar-refractivity contribution >= 4 is 39.7 Å². The maximum absolute atomic E-state index is 13.9.